The average molecular weight is 290 g/mol. The van der Waals surface area contributed by atoms with Gasteiger partial charge in [-0.1, -0.05) is 11.8 Å². The fourth-order valence-electron chi connectivity index (χ4n) is 3.40. The third-order valence-corrected chi connectivity index (χ3v) is 5.55. The Morgan fingerprint density at radius 3 is 3.00 bits per heavy atom. The summed E-state index contributed by atoms with van der Waals surface area (Å²) in [4.78, 5) is 7.62. The van der Waals surface area contributed by atoms with E-state index in [0.29, 0.717) is 0 Å². The second kappa shape index (κ2) is 6.28. The molecule has 1 aromatic rings. The average Bonchev–Trinajstić information content (AvgIpc) is 2.96. The Labute approximate surface area is 125 Å². The minimum absolute atomic E-state index is 0.0608. The summed E-state index contributed by atoms with van der Waals surface area (Å²) >= 11 is 1.75. The standard InChI is InChI=1S/C16H22N2OS/c1-17-13-4-5-14(17)11-18(9-8-13)12-16-7-6-15(20-16)3-2-10-19/h6-7,13-14,19H,4-5,8-12H2,1H3. The van der Waals surface area contributed by atoms with Gasteiger partial charge < -0.3 is 5.11 Å². The summed E-state index contributed by atoms with van der Waals surface area (Å²) < 4.78 is 0. The first-order chi connectivity index (χ1) is 9.76. The fourth-order valence-corrected chi connectivity index (χ4v) is 4.32. The Kier molecular flexibility index (Phi) is 4.42. The second-order valence-electron chi connectivity index (χ2n) is 5.80. The summed E-state index contributed by atoms with van der Waals surface area (Å²) in [6, 6.07) is 5.80. The highest BCUT2D eigenvalue weighted by atomic mass is 32.1. The Bertz CT molecular complexity index is 516. The van der Waals surface area contributed by atoms with E-state index < -0.39 is 0 Å². The van der Waals surface area contributed by atoms with Crippen molar-refractivity contribution in [2.75, 3.05) is 26.7 Å². The maximum absolute atomic E-state index is 8.73. The van der Waals surface area contributed by atoms with Crippen molar-refractivity contribution in [1.82, 2.24) is 9.80 Å². The van der Waals surface area contributed by atoms with Crippen molar-refractivity contribution in [3.05, 3.63) is 21.9 Å². The first-order valence-corrected chi connectivity index (χ1v) is 8.20. The topological polar surface area (TPSA) is 26.7 Å². The molecule has 0 spiro atoms. The number of rotatable bonds is 2. The fraction of sp³-hybridized carbons (Fsp3) is 0.625. The van der Waals surface area contributed by atoms with Crippen LogP contribution in [0.3, 0.4) is 0 Å². The molecule has 0 saturated carbocycles. The number of thiophene rings is 1. The normalized spacial score (nSPS) is 27.1. The lowest BCUT2D eigenvalue weighted by Crippen LogP contribution is -2.36. The summed E-state index contributed by atoms with van der Waals surface area (Å²) in [6.07, 6.45) is 4.04. The Balaban J connectivity index is 1.62. The van der Waals surface area contributed by atoms with Crippen LogP contribution in [0.5, 0.6) is 0 Å². The highest BCUT2D eigenvalue weighted by Gasteiger charge is 2.34. The van der Waals surface area contributed by atoms with Crippen molar-refractivity contribution in [3.63, 3.8) is 0 Å². The number of fused-ring (bicyclic) bond motifs is 2. The maximum Gasteiger partial charge on any atom is 0.104 e. The first kappa shape index (κ1) is 14.1. The van der Waals surface area contributed by atoms with E-state index in [2.05, 4.69) is 40.8 Å². The molecule has 2 bridgehead atoms. The molecule has 2 aliphatic rings. The second-order valence-corrected chi connectivity index (χ2v) is 6.97. The zero-order valence-electron chi connectivity index (χ0n) is 12.0. The highest BCUT2D eigenvalue weighted by Crippen LogP contribution is 2.29. The number of hydrogen-bond acceptors (Lipinski definition) is 4. The molecule has 0 aromatic carbocycles. The van der Waals surface area contributed by atoms with Gasteiger partial charge >= 0.3 is 0 Å². The van der Waals surface area contributed by atoms with Crippen LogP contribution in [0, 0.1) is 11.8 Å². The number of aliphatic hydroxyl groups excluding tert-OH is 1. The van der Waals surface area contributed by atoms with Gasteiger partial charge in [0.25, 0.3) is 0 Å². The summed E-state index contributed by atoms with van der Waals surface area (Å²) in [6.45, 7) is 3.39. The van der Waals surface area contributed by atoms with Crippen LogP contribution in [0.25, 0.3) is 0 Å². The molecule has 2 aliphatic heterocycles. The Morgan fingerprint density at radius 2 is 2.15 bits per heavy atom. The lowest BCUT2D eigenvalue weighted by molar-refractivity contribution is 0.215. The number of likely N-dealkylation sites (tertiary alicyclic amines) is 1. The molecule has 0 radical (unpaired) electrons. The minimum Gasteiger partial charge on any atom is -0.384 e. The summed E-state index contributed by atoms with van der Waals surface area (Å²) in [5.41, 5.74) is 0. The smallest absolute Gasteiger partial charge is 0.104 e. The van der Waals surface area contributed by atoms with Gasteiger partial charge in [0.2, 0.25) is 0 Å². The molecule has 1 aromatic heterocycles. The summed E-state index contributed by atoms with van der Waals surface area (Å²) in [5, 5.41) is 8.73. The Morgan fingerprint density at radius 1 is 1.30 bits per heavy atom. The van der Waals surface area contributed by atoms with Gasteiger partial charge in [0.15, 0.2) is 0 Å². The molecule has 0 amide bonds. The minimum atomic E-state index is -0.0608. The maximum atomic E-state index is 8.73. The van der Waals surface area contributed by atoms with Gasteiger partial charge in [0.05, 0.1) is 4.88 Å². The van der Waals surface area contributed by atoms with Gasteiger partial charge in [-0.3, -0.25) is 9.80 Å². The molecule has 3 rings (SSSR count). The van der Waals surface area contributed by atoms with Gasteiger partial charge in [-0.25, -0.2) is 0 Å². The van der Waals surface area contributed by atoms with Crippen LogP contribution >= 0.6 is 11.3 Å². The van der Waals surface area contributed by atoms with Crippen molar-refractivity contribution < 1.29 is 5.11 Å². The van der Waals surface area contributed by atoms with E-state index >= 15 is 0 Å². The molecule has 20 heavy (non-hydrogen) atoms. The lowest BCUT2D eigenvalue weighted by atomic mass is 10.1. The van der Waals surface area contributed by atoms with E-state index in [1.807, 2.05) is 0 Å². The predicted molar refractivity (Wildman–Crippen MR) is 82.7 cm³/mol. The van der Waals surface area contributed by atoms with Gasteiger partial charge in [0, 0.05) is 36.6 Å². The van der Waals surface area contributed by atoms with Gasteiger partial charge in [-0.15, -0.1) is 11.3 Å². The van der Waals surface area contributed by atoms with E-state index in [4.69, 9.17) is 5.11 Å². The van der Waals surface area contributed by atoms with Crippen LogP contribution in [-0.4, -0.2) is 53.7 Å². The monoisotopic (exact) mass is 290 g/mol. The van der Waals surface area contributed by atoms with E-state index in [9.17, 15) is 0 Å². The van der Waals surface area contributed by atoms with E-state index in [1.165, 1.54) is 37.2 Å². The number of likely N-dealkylation sites (N-methyl/N-ethyl adjacent to an activating group) is 1. The quantitative estimate of drug-likeness (QED) is 0.841. The molecule has 2 fully saturated rings. The van der Waals surface area contributed by atoms with Crippen LogP contribution in [0.2, 0.25) is 0 Å². The summed E-state index contributed by atoms with van der Waals surface area (Å²) in [5.74, 6) is 5.71. The molecule has 3 heterocycles. The van der Waals surface area contributed by atoms with Gasteiger partial charge in [-0.05, 0) is 38.4 Å². The SMILES string of the molecule is CN1C2CCC1CN(Cc1ccc(C#CCO)s1)CC2. The van der Waals surface area contributed by atoms with Gasteiger partial charge in [-0.2, -0.15) is 0 Å². The zero-order chi connectivity index (χ0) is 13.9. The molecular weight excluding hydrogens is 268 g/mol. The molecule has 1 N–H and O–H groups in total. The zero-order valence-corrected chi connectivity index (χ0v) is 12.8. The highest BCUT2D eigenvalue weighted by molar-refractivity contribution is 7.12. The van der Waals surface area contributed by atoms with Crippen LogP contribution in [0.1, 0.15) is 29.0 Å². The van der Waals surface area contributed by atoms with E-state index in [1.54, 1.807) is 11.3 Å². The molecule has 108 valence electrons. The van der Waals surface area contributed by atoms with Gasteiger partial charge in [0.1, 0.15) is 6.61 Å². The molecule has 3 nitrogen and oxygen atoms in total. The van der Waals surface area contributed by atoms with Crippen LogP contribution < -0.4 is 0 Å². The van der Waals surface area contributed by atoms with E-state index in [-0.39, 0.29) is 6.61 Å². The molecule has 2 unspecified atom stereocenters. The molecular formula is C16H22N2OS. The van der Waals surface area contributed by atoms with Crippen molar-refractivity contribution in [3.8, 4) is 11.8 Å². The third kappa shape index (κ3) is 3.07. The van der Waals surface area contributed by atoms with Crippen LogP contribution in [-0.2, 0) is 6.54 Å². The number of aliphatic hydroxyl groups is 1. The van der Waals surface area contributed by atoms with Crippen molar-refractivity contribution in [2.24, 2.45) is 0 Å². The first-order valence-electron chi connectivity index (χ1n) is 7.39. The Hall–Kier alpha value is -0.860. The predicted octanol–water partition coefficient (Wildman–Crippen LogP) is 1.76. The van der Waals surface area contributed by atoms with Crippen molar-refractivity contribution in [1.29, 1.82) is 0 Å². The number of hydrogen-bond donors (Lipinski definition) is 1. The van der Waals surface area contributed by atoms with E-state index in [0.717, 1.165) is 23.5 Å². The third-order valence-electron chi connectivity index (χ3n) is 4.56. The molecule has 4 heteroatoms. The van der Waals surface area contributed by atoms with Crippen LogP contribution in [0.4, 0.5) is 0 Å². The molecule has 0 aliphatic carbocycles. The largest absolute Gasteiger partial charge is 0.384 e. The van der Waals surface area contributed by atoms with Crippen LogP contribution in [0.15, 0.2) is 12.1 Å². The van der Waals surface area contributed by atoms with Crippen molar-refractivity contribution in [2.45, 2.75) is 37.9 Å². The molecule has 2 saturated heterocycles. The number of nitrogens with zero attached hydrogens (tertiary/aromatic N) is 2. The lowest BCUT2D eigenvalue weighted by Gasteiger charge is -2.25. The molecule has 2 atom stereocenters. The summed E-state index contributed by atoms with van der Waals surface area (Å²) in [7, 11) is 2.29. The van der Waals surface area contributed by atoms with Crippen molar-refractivity contribution >= 4 is 11.3 Å².